The van der Waals surface area contributed by atoms with Gasteiger partial charge in [-0.25, -0.2) is 0 Å². The van der Waals surface area contributed by atoms with Gasteiger partial charge in [-0.15, -0.1) is 0 Å². The minimum absolute atomic E-state index is 0.0131. The molecule has 122 valence electrons. The fourth-order valence-corrected chi connectivity index (χ4v) is 2.68. The first-order chi connectivity index (χ1) is 10.5. The number of carbonyl (C=O) groups is 1. The highest BCUT2D eigenvalue weighted by Crippen LogP contribution is 2.16. The van der Waals surface area contributed by atoms with Crippen LogP contribution in [0.2, 0.25) is 0 Å². The number of morpholine rings is 1. The van der Waals surface area contributed by atoms with Crippen LogP contribution in [0, 0.1) is 6.92 Å². The van der Waals surface area contributed by atoms with Gasteiger partial charge in [0.15, 0.2) is 0 Å². The number of nitrogens with zero attached hydrogens (tertiary/aromatic N) is 1. The number of benzene rings is 1. The van der Waals surface area contributed by atoms with Crippen molar-refractivity contribution in [3.8, 4) is 0 Å². The molecule has 0 aliphatic carbocycles. The number of likely N-dealkylation sites (N-methyl/N-ethyl adjacent to an activating group) is 1. The van der Waals surface area contributed by atoms with E-state index >= 15 is 0 Å². The molecule has 1 fully saturated rings. The van der Waals surface area contributed by atoms with E-state index in [1.807, 2.05) is 45.0 Å². The number of rotatable bonds is 5. The van der Waals surface area contributed by atoms with Crippen molar-refractivity contribution in [3.05, 3.63) is 35.4 Å². The van der Waals surface area contributed by atoms with E-state index in [0.29, 0.717) is 26.2 Å². The highest BCUT2D eigenvalue weighted by Gasteiger charge is 2.32. The molecular weight excluding hydrogens is 280 g/mol. The van der Waals surface area contributed by atoms with E-state index in [1.54, 1.807) is 4.90 Å². The number of hydrogen-bond acceptors (Lipinski definition) is 4. The van der Waals surface area contributed by atoms with Gasteiger partial charge in [-0.3, -0.25) is 4.79 Å². The quantitative estimate of drug-likeness (QED) is 0.859. The second-order valence-electron chi connectivity index (χ2n) is 5.81. The summed E-state index contributed by atoms with van der Waals surface area (Å²) in [7, 11) is 0. The van der Waals surface area contributed by atoms with Gasteiger partial charge in [-0.2, -0.15) is 0 Å². The van der Waals surface area contributed by atoms with Crippen molar-refractivity contribution in [1.29, 1.82) is 0 Å². The number of hydrogen-bond donors (Lipinski definition) is 2. The molecule has 1 aliphatic rings. The fraction of sp³-hybridized carbons (Fsp3) is 0.588. The molecular formula is C17H26N2O3. The Morgan fingerprint density at radius 2 is 2.14 bits per heavy atom. The Hall–Kier alpha value is -1.43. The number of aryl methyl sites for hydroxylation is 1. The summed E-state index contributed by atoms with van der Waals surface area (Å²) in [4.78, 5) is 14.3. The molecule has 1 aromatic rings. The normalized spacial score (nSPS) is 23.1. The van der Waals surface area contributed by atoms with Gasteiger partial charge in [0, 0.05) is 13.1 Å². The van der Waals surface area contributed by atoms with Crippen molar-refractivity contribution in [2.45, 2.75) is 39.0 Å². The summed E-state index contributed by atoms with van der Waals surface area (Å²) in [6.07, 6.45) is -0.823. The molecule has 1 amide bonds. The Morgan fingerprint density at radius 1 is 1.45 bits per heavy atom. The molecule has 5 nitrogen and oxygen atoms in total. The Balaban J connectivity index is 2.01. The van der Waals surface area contributed by atoms with E-state index in [1.165, 1.54) is 0 Å². The lowest BCUT2D eigenvalue weighted by molar-refractivity contribution is -0.140. The van der Waals surface area contributed by atoms with E-state index in [9.17, 15) is 9.90 Å². The molecule has 3 atom stereocenters. The smallest absolute Gasteiger partial charge is 0.242 e. The van der Waals surface area contributed by atoms with Crippen LogP contribution in [0.1, 0.15) is 31.1 Å². The molecule has 0 aromatic heterocycles. The van der Waals surface area contributed by atoms with Gasteiger partial charge in [-0.1, -0.05) is 29.8 Å². The summed E-state index contributed by atoms with van der Waals surface area (Å²) in [6.45, 7) is 8.00. The van der Waals surface area contributed by atoms with Crippen LogP contribution in [0.5, 0.6) is 0 Å². The van der Waals surface area contributed by atoms with Crippen LogP contribution in [0.15, 0.2) is 24.3 Å². The Kier molecular flexibility index (Phi) is 5.94. The summed E-state index contributed by atoms with van der Waals surface area (Å²) in [6, 6.07) is 7.41. The second kappa shape index (κ2) is 7.72. The van der Waals surface area contributed by atoms with Gasteiger partial charge in [0.05, 0.1) is 25.4 Å². The number of nitrogens with one attached hydrogen (secondary N) is 1. The van der Waals surface area contributed by atoms with E-state index in [-0.39, 0.29) is 18.1 Å². The molecule has 22 heavy (non-hydrogen) atoms. The third-order valence-electron chi connectivity index (χ3n) is 4.13. The molecule has 0 spiro atoms. The Bertz CT molecular complexity index is 489. The van der Waals surface area contributed by atoms with Crippen LogP contribution >= 0.6 is 0 Å². The van der Waals surface area contributed by atoms with Crippen molar-refractivity contribution in [2.75, 3.05) is 26.2 Å². The highest BCUT2D eigenvalue weighted by atomic mass is 16.5. The van der Waals surface area contributed by atoms with Gasteiger partial charge in [0.1, 0.15) is 6.04 Å². The fourth-order valence-electron chi connectivity index (χ4n) is 2.68. The first kappa shape index (κ1) is 16.9. The van der Waals surface area contributed by atoms with E-state index in [4.69, 9.17) is 4.74 Å². The maximum absolute atomic E-state index is 12.6. The average molecular weight is 306 g/mol. The van der Waals surface area contributed by atoms with E-state index < -0.39 is 6.10 Å². The molecule has 2 N–H and O–H groups in total. The van der Waals surface area contributed by atoms with Crippen molar-refractivity contribution in [1.82, 2.24) is 10.2 Å². The summed E-state index contributed by atoms with van der Waals surface area (Å²) < 4.78 is 5.54. The SMILES string of the molecule is CCN(CC(O)c1ccc(C)cc1)C(=O)[C@H]1NCCO[C@@H]1C. The third-order valence-corrected chi connectivity index (χ3v) is 4.13. The first-order valence-electron chi connectivity index (χ1n) is 7.91. The standard InChI is InChI=1S/C17H26N2O3/c1-4-19(17(21)16-13(3)22-10-9-18-16)11-15(20)14-7-5-12(2)6-8-14/h5-8,13,15-16,18,20H,4,9-11H2,1-3H3/t13-,15?,16+/m1/s1. The summed E-state index contributed by atoms with van der Waals surface area (Å²) in [5.41, 5.74) is 1.98. The largest absolute Gasteiger partial charge is 0.387 e. The van der Waals surface area contributed by atoms with Crippen molar-refractivity contribution in [2.24, 2.45) is 0 Å². The number of aliphatic hydroxyl groups excluding tert-OH is 1. The van der Waals surface area contributed by atoms with Crippen LogP contribution in [0.4, 0.5) is 0 Å². The topological polar surface area (TPSA) is 61.8 Å². The average Bonchev–Trinajstić information content (AvgIpc) is 2.53. The van der Waals surface area contributed by atoms with Gasteiger partial charge < -0.3 is 20.1 Å². The molecule has 0 saturated carbocycles. The van der Waals surface area contributed by atoms with Crippen LogP contribution in [0.3, 0.4) is 0 Å². The lowest BCUT2D eigenvalue weighted by Crippen LogP contribution is -2.56. The van der Waals surface area contributed by atoms with Gasteiger partial charge in [0.2, 0.25) is 5.91 Å². The predicted molar refractivity (Wildman–Crippen MR) is 85.6 cm³/mol. The van der Waals surface area contributed by atoms with Crippen molar-refractivity contribution < 1.29 is 14.6 Å². The van der Waals surface area contributed by atoms with Crippen LogP contribution < -0.4 is 5.32 Å². The molecule has 2 rings (SSSR count). The van der Waals surface area contributed by atoms with Gasteiger partial charge in [-0.05, 0) is 26.3 Å². The lowest BCUT2D eigenvalue weighted by Gasteiger charge is -2.34. The number of aliphatic hydroxyl groups is 1. The second-order valence-corrected chi connectivity index (χ2v) is 5.81. The number of amides is 1. The zero-order valence-corrected chi connectivity index (χ0v) is 13.6. The van der Waals surface area contributed by atoms with Crippen molar-refractivity contribution >= 4 is 5.91 Å². The predicted octanol–water partition coefficient (Wildman–Crippen LogP) is 1.25. The van der Waals surface area contributed by atoms with Gasteiger partial charge in [0.25, 0.3) is 0 Å². The third kappa shape index (κ3) is 4.06. The Labute approximate surface area is 132 Å². The number of ether oxygens (including phenoxy) is 1. The zero-order chi connectivity index (χ0) is 16.1. The van der Waals surface area contributed by atoms with E-state index in [0.717, 1.165) is 11.1 Å². The Morgan fingerprint density at radius 3 is 2.73 bits per heavy atom. The minimum atomic E-state index is -0.677. The molecule has 5 heteroatoms. The lowest BCUT2D eigenvalue weighted by atomic mass is 10.1. The first-order valence-corrected chi connectivity index (χ1v) is 7.91. The van der Waals surface area contributed by atoms with E-state index in [2.05, 4.69) is 5.32 Å². The molecule has 1 heterocycles. The minimum Gasteiger partial charge on any atom is -0.387 e. The van der Waals surface area contributed by atoms with Crippen molar-refractivity contribution in [3.63, 3.8) is 0 Å². The monoisotopic (exact) mass is 306 g/mol. The molecule has 0 bridgehead atoms. The molecule has 1 aromatic carbocycles. The number of carbonyl (C=O) groups excluding carboxylic acids is 1. The summed E-state index contributed by atoms with van der Waals surface area (Å²) in [5, 5.41) is 13.6. The van der Waals surface area contributed by atoms with Gasteiger partial charge >= 0.3 is 0 Å². The summed E-state index contributed by atoms with van der Waals surface area (Å²) >= 11 is 0. The highest BCUT2D eigenvalue weighted by molar-refractivity contribution is 5.82. The molecule has 1 saturated heterocycles. The molecule has 1 unspecified atom stereocenters. The van der Waals surface area contributed by atoms with Crippen LogP contribution in [-0.4, -0.2) is 54.3 Å². The zero-order valence-electron chi connectivity index (χ0n) is 13.6. The van der Waals surface area contributed by atoms with Crippen LogP contribution in [-0.2, 0) is 9.53 Å². The molecule has 1 aliphatic heterocycles. The maximum Gasteiger partial charge on any atom is 0.242 e. The summed E-state index contributed by atoms with van der Waals surface area (Å²) in [5.74, 6) is -0.0131. The van der Waals surface area contributed by atoms with Crippen LogP contribution in [0.25, 0.3) is 0 Å². The maximum atomic E-state index is 12.6. The molecule has 0 radical (unpaired) electrons.